The highest BCUT2D eigenvalue weighted by molar-refractivity contribution is 6.31. The van der Waals surface area contributed by atoms with Gasteiger partial charge in [0, 0.05) is 53.9 Å². The molecule has 132 valence electrons. The van der Waals surface area contributed by atoms with E-state index in [4.69, 9.17) is 23.2 Å². The number of carbonyl (C=O) groups is 1. The van der Waals surface area contributed by atoms with E-state index in [0.29, 0.717) is 35.2 Å². The molecule has 0 spiro atoms. The number of aliphatic hydroxyl groups is 1. The number of benzene rings is 2. The van der Waals surface area contributed by atoms with Crippen molar-refractivity contribution in [3.8, 4) is 0 Å². The lowest BCUT2D eigenvalue weighted by Gasteiger charge is -2.35. The van der Waals surface area contributed by atoms with Crippen LogP contribution >= 0.6 is 23.2 Å². The number of nitrogens with zero attached hydrogens (tertiary/aromatic N) is 2. The lowest BCUT2D eigenvalue weighted by molar-refractivity contribution is 0.0528. The van der Waals surface area contributed by atoms with E-state index in [1.807, 2.05) is 23.1 Å². The van der Waals surface area contributed by atoms with Crippen molar-refractivity contribution in [3.05, 3.63) is 69.7 Å². The Hall–Kier alpha value is -1.59. The standard InChI is InChI=1S/C19H20Cl2N2O2/c20-15-7-5-14(6-8-15)19(25)23-11-9-22(10-12-23)13-18(24)16-3-1-2-4-17(16)21/h1-8,18,24H,9-13H2/t18-/m0/s1. The summed E-state index contributed by atoms with van der Waals surface area (Å²) < 4.78 is 0. The molecule has 25 heavy (non-hydrogen) atoms. The molecule has 0 aromatic heterocycles. The quantitative estimate of drug-likeness (QED) is 0.885. The van der Waals surface area contributed by atoms with Crippen molar-refractivity contribution >= 4 is 29.1 Å². The first-order valence-electron chi connectivity index (χ1n) is 8.24. The van der Waals surface area contributed by atoms with E-state index < -0.39 is 6.10 Å². The molecule has 1 heterocycles. The summed E-state index contributed by atoms with van der Waals surface area (Å²) in [6.45, 7) is 3.22. The predicted molar refractivity (Wildman–Crippen MR) is 100 cm³/mol. The van der Waals surface area contributed by atoms with Gasteiger partial charge >= 0.3 is 0 Å². The van der Waals surface area contributed by atoms with Crippen molar-refractivity contribution in [2.75, 3.05) is 32.7 Å². The molecule has 2 aromatic rings. The molecular formula is C19H20Cl2N2O2. The maximum atomic E-state index is 12.5. The molecular weight excluding hydrogens is 359 g/mol. The summed E-state index contributed by atoms with van der Waals surface area (Å²) in [5.74, 6) is 0.0166. The molecule has 1 N–H and O–H groups in total. The summed E-state index contributed by atoms with van der Waals surface area (Å²) in [4.78, 5) is 16.5. The van der Waals surface area contributed by atoms with E-state index in [1.165, 1.54) is 0 Å². The van der Waals surface area contributed by atoms with E-state index in [0.717, 1.165) is 18.7 Å². The lowest BCUT2D eigenvalue weighted by Crippen LogP contribution is -2.49. The van der Waals surface area contributed by atoms with Crippen LogP contribution in [-0.2, 0) is 0 Å². The average Bonchev–Trinajstić information content (AvgIpc) is 2.63. The zero-order valence-corrected chi connectivity index (χ0v) is 15.2. The summed E-state index contributed by atoms with van der Waals surface area (Å²) >= 11 is 12.0. The molecule has 0 aliphatic carbocycles. The summed E-state index contributed by atoms with van der Waals surface area (Å²) in [5.41, 5.74) is 1.39. The minimum Gasteiger partial charge on any atom is -0.387 e. The van der Waals surface area contributed by atoms with Crippen molar-refractivity contribution in [3.63, 3.8) is 0 Å². The van der Waals surface area contributed by atoms with Gasteiger partial charge in [-0.15, -0.1) is 0 Å². The molecule has 3 rings (SSSR count). The Morgan fingerprint density at radius 1 is 1.00 bits per heavy atom. The number of β-amino-alcohol motifs (C(OH)–C–C–N with tert-alkyl or cyclic N) is 1. The number of halogens is 2. The van der Waals surface area contributed by atoms with Crippen LogP contribution in [0.4, 0.5) is 0 Å². The van der Waals surface area contributed by atoms with Crippen LogP contribution in [0.25, 0.3) is 0 Å². The Bertz CT molecular complexity index is 728. The van der Waals surface area contributed by atoms with Gasteiger partial charge in [0.25, 0.3) is 5.91 Å². The van der Waals surface area contributed by atoms with E-state index in [9.17, 15) is 9.90 Å². The van der Waals surface area contributed by atoms with Crippen LogP contribution in [0.1, 0.15) is 22.0 Å². The number of hydrogen-bond donors (Lipinski definition) is 1. The van der Waals surface area contributed by atoms with Gasteiger partial charge < -0.3 is 10.0 Å². The fourth-order valence-corrected chi connectivity index (χ4v) is 3.38. The van der Waals surface area contributed by atoms with E-state index >= 15 is 0 Å². The van der Waals surface area contributed by atoms with Crippen LogP contribution in [0.2, 0.25) is 10.0 Å². The fraction of sp³-hybridized carbons (Fsp3) is 0.316. The Morgan fingerprint density at radius 2 is 1.64 bits per heavy atom. The number of amides is 1. The molecule has 6 heteroatoms. The second kappa shape index (κ2) is 8.19. The van der Waals surface area contributed by atoms with Gasteiger partial charge in [-0.2, -0.15) is 0 Å². The Kier molecular flexibility index (Phi) is 5.97. The number of carbonyl (C=O) groups excluding carboxylic acids is 1. The first kappa shape index (κ1) is 18.2. The fourth-order valence-electron chi connectivity index (χ4n) is 3.00. The molecule has 2 aromatic carbocycles. The van der Waals surface area contributed by atoms with Gasteiger partial charge in [0.15, 0.2) is 0 Å². The van der Waals surface area contributed by atoms with Crippen LogP contribution in [-0.4, -0.2) is 53.5 Å². The minimum atomic E-state index is -0.632. The highest BCUT2D eigenvalue weighted by atomic mass is 35.5. The number of piperazine rings is 1. The van der Waals surface area contributed by atoms with Gasteiger partial charge in [-0.05, 0) is 30.3 Å². The van der Waals surface area contributed by atoms with Gasteiger partial charge in [0.1, 0.15) is 0 Å². The van der Waals surface area contributed by atoms with E-state index in [2.05, 4.69) is 4.90 Å². The highest BCUT2D eigenvalue weighted by Gasteiger charge is 2.24. The van der Waals surface area contributed by atoms with Crippen molar-refractivity contribution < 1.29 is 9.90 Å². The van der Waals surface area contributed by atoms with Gasteiger partial charge in [0.05, 0.1) is 6.10 Å². The summed E-state index contributed by atoms with van der Waals surface area (Å²) in [6.07, 6.45) is -0.632. The largest absolute Gasteiger partial charge is 0.387 e. The number of hydrogen-bond acceptors (Lipinski definition) is 3. The van der Waals surface area contributed by atoms with Crippen molar-refractivity contribution in [1.29, 1.82) is 0 Å². The molecule has 0 radical (unpaired) electrons. The second-order valence-electron chi connectivity index (χ2n) is 6.14. The normalized spacial score (nSPS) is 16.7. The molecule has 1 fully saturated rings. The Morgan fingerprint density at radius 3 is 2.28 bits per heavy atom. The average molecular weight is 379 g/mol. The molecule has 0 bridgehead atoms. The van der Waals surface area contributed by atoms with Crippen molar-refractivity contribution in [2.24, 2.45) is 0 Å². The highest BCUT2D eigenvalue weighted by Crippen LogP contribution is 2.23. The molecule has 4 nitrogen and oxygen atoms in total. The molecule has 0 saturated carbocycles. The van der Waals surface area contributed by atoms with Crippen LogP contribution < -0.4 is 0 Å². The third-order valence-electron chi connectivity index (χ3n) is 4.45. The lowest BCUT2D eigenvalue weighted by atomic mass is 10.1. The van der Waals surface area contributed by atoms with E-state index in [-0.39, 0.29) is 5.91 Å². The van der Waals surface area contributed by atoms with Crippen molar-refractivity contribution in [1.82, 2.24) is 9.80 Å². The van der Waals surface area contributed by atoms with Crippen LogP contribution in [0.3, 0.4) is 0 Å². The summed E-state index contributed by atoms with van der Waals surface area (Å²) in [6, 6.07) is 14.3. The first-order chi connectivity index (χ1) is 12.0. The van der Waals surface area contributed by atoms with Gasteiger partial charge in [-0.1, -0.05) is 41.4 Å². The second-order valence-corrected chi connectivity index (χ2v) is 6.98. The third kappa shape index (κ3) is 4.53. The topological polar surface area (TPSA) is 43.8 Å². The summed E-state index contributed by atoms with van der Waals surface area (Å²) in [5, 5.41) is 11.6. The summed E-state index contributed by atoms with van der Waals surface area (Å²) in [7, 11) is 0. The molecule has 1 saturated heterocycles. The molecule has 1 aliphatic rings. The first-order valence-corrected chi connectivity index (χ1v) is 9.00. The van der Waals surface area contributed by atoms with Gasteiger partial charge in [0.2, 0.25) is 0 Å². The van der Waals surface area contributed by atoms with Crippen LogP contribution in [0, 0.1) is 0 Å². The zero-order chi connectivity index (χ0) is 17.8. The number of rotatable bonds is 4. The monoisotopic (exact) mass is 378 g/mol. The molecule has 1 atom stereocenters. The van der Waals surface area contributed by atoms with E-state index in [1.54, 1.807) is 30.3 Å². The smallest absolute Gasteiger partial charge is 0.253 e. The van der Waals surface area contributed by atoms with Crippen molar-refractivity contribution in [2.45, 2.75) is 6.10 Å². The molecule has 1 aliphatic heterocycles. The van der Waals surface area contributed by atoms with Gasteiger partial charge in [-0.3, -0.25) is 9.69 Å². The van der Waals surface area contributed by atoms with Crippen LogP contribution in [0.5, 0.6) is 0 Å². The number of aliphatic hydroxyl groups excluding tert-OH is 1. The zero-order valence-electron chi connectivity index (χ0n) is 13.7. The SMILES string of the molecule is O=C(c1ccc(Cl)cc1)N1CCN(C[C@H](O)c2ccccc2Cl)CC1. The maximum Gasteiger partial charge on any atom is 0.253 e. The maximum absolute atomic E-state index is 12.5. The predicted octanol–water partition coefficient (Wildman–Crippen LogP) is 3.48. The Labute approximate surface area is 157 Å². The third-order valence-corrected chi connectivity index (χ3v) is 5.04. The molecule has 1 amide bonds. The minimum absolute atomic E-state index is 0.0166. The molecule has 0 unspecified atom stereocenters. The van der Waals surface area contributed by atoms with Crippen LogP contribution in [0.15, 0.2) is 48.5 Å². The van der Waals surface area contributed by atoms with Gasteiger partial charge in [-0.25, -0.2) is 0 Å². The Balaban J connectivity index is 1.54.